The minimum Gasteiger partial charge on any atom is -0.319 e. The van der Waals surface area contributed by atoms with Gasteiger partial charge in [-0.1, -0.05) is 19.9 Å². The lowest BCUT2D eigenvalue weighted by Crippen LogP contribution is -2.05. The first-order valence-electron chi connectivity index (χ1n) is 5.19. The van der Waals surface area contributed by atoms with Gasteiger partial charge in [0.2, 0.25) is 0 Å². The van der Waals surface area contributed by atoms with Crippen molar-refractivity contribution in [2.45, 2.75) is 26.2 Å². The Morgan fingerprint density at radius 1 is 1.53 bits per heavy atom. The fourth-order valence-corrected chi connectivity index (χ4v) is 1.60. The van der Waals surface area contributed by atoms with E-state index in [-0.39, 0.29) is 6.99 Å². The molecule has 1 heterocycles. The zero-order valence-electron chi connectivity index (χ0n) is 8.95. The van der Waals surface area contributed by atoms with Crippen molar-refractivity contribution in [3.63, 3.8) is 0 Å². The lowest BCUT2D eigenvalue weighted by atomic mass is 9.98. The molecule has 1 atom stereocenters. The van der Waals surface area contributed by atoms with Gasteiger partial charge in [0.15, 0.2) is 0 Å². The first kappa shape index (κ1) is 9.90. The van der Waals surface area contributed by atoms with Crippen LogP contribution in [0, 0.1) is 0 Å². The minimum absolute atomic E-state index is 0. The average Bonchev–Trinajstić information content (AvgIpc) is 2.27. The van der Waals surface area contributed by atoms with Crippen molar-refractivity contribution in [3.05, 3.63) is 40.3 Å². The van der Waals surface area contributed by atoms with Crippen LogP contribution in [0.4, 0.5) is 0 Å². The first-order chi connectivity index (χ1) is 7.20. The highest BCUT2D eigenvalue weighted by Gasteiger charge is 2.04. The molecule has 1 N–H and O–H groups in total. The highest BCUT2D eigenvalue weighted by molar-refractivity contribution is 5.74. The summed E-state index contributed by atoms with van der Waals surface area (Å²) < 4.78 is 0. The van der Waals surface area contributed by atoms with E-state index in [4.69, 9.17) is 0 Å². The summed E-state index contributed by atoms with van der Waals surface area (Å²) in [5, 5.41) is 0. The largest absolute Gasteiger partial charge is 0.319 e. The molecule has 3 heteroatoms. The second kappa shape index (κ2) is 3.85. The summed E-state index contributed by atoms with van der Waals surface area (Å²) in [5.41, 5.74) is 2.75. The second-order valence-corrected chi connectivity index (χ2v) is 3.83. The first-order valence-corrected chi connectivity index (χ1v) is 5.19. The lowest BCUT2D eigenvalue weighted by molar-refractivity contribution is 0.734. The Labute approximate surface area is 89.7 Å². The molecule has 80 valence electrons. The monoisotopic (exact) mass is 204 g/mol. The molecule has 2 aromatic rings. The molecule has 3 nitrogen and oxygen atoms in total. The molecule has 0 aliphatic rings. The Morgan fingerprint density at radius 2 is 2.33 bits per heavy atom. The third-order valence-corrected chi connectivity index (χ3v) is 2.78. The Balaban J connectivity index is 0.00000128. The van der Waals surface area contributed by atoms with Gasteiger partial charge in [-0.15, -0.1) is 0 Å². The van der Waals surface area contributed by atoms with Crippen molar-refractivity contribution in [2.75, 3.05) is 0 Å². The van der Waals surface area contributed by atoms with Gasteiger partial charge in [0, 0.05) is 1.43 Å². The van der Waals surface area contributed by atoms with Crippen LogP contribution in [0.2, 0.25) is 0 Å². The van der Waals surface area contributed by atoms with Gasteiger partial charge in [-0.3, -0.25) is 4.79 Å². The van der Waals surface area contributed by atoms with Crippen molar-refractivity contribution in [3.8, 4) is 0 Å². The number of hydrogen-bond donors (Lipinski definition) is 1. The average molecular weight is 204 g/mol. The maximum Gasteiger partial charge on any atom is 0.266 e. The third kappa shape index (κ3) is 1.91. The fourth-order valence-electron chi connectivity index (χ4n) is 1.60. The van der Waals surface area contributed by atoms with E-state index in [0.717, 1.165) is 17.5 Å². The van der Waals surface area contributed by atoms with Crippen LogP contribution in [0.1, 0.15) is 33.2 Å². The molecular weight excluding hydrogens is 188 g/mol. The van der Waals surface area contributed by atoms with Crippen LogP contribution in [-0.2, 0) is 0 Å². The van der Waals surface area contributed by atoms with Crippen LogP contribution in [0.15, 0.2) is 29.2 Å². The summed E-state index contributed by atoms with van der Waals surface area (Å²) in [6, 6.07) is 6.03. The number of aromatic nitrogens is 2. The summed E-state index contributed by atoms with van der Waals surface area (Å²) in [7, 11) is 0. The molecule has 1 aromatic carbocycles. The molecule has 0 radical (unpaired) electrons. The number of H-pyrrole nitrogens is 1. The van der Waals surface area contributed by atoms with E-state index in [2.05, 4.69) is 29.9 Å². The van der Waals surface area contributed by atoms with Crippen LogP contribution in [0.3, 0.4) is 0 Å². The number of hydrogen-bond acceptors (Lipinski definition) is 2. The maximum absolute atomic E-state index is 11.1. The molecule has 0 bridgehead atoms. The number of aromatic amines is 1. The SMILES string of the molecule is CCC(C)c1ccc2ncc(=O)[nH]c2c1.[HH]. The summed E-state index contributed by atoms with van der Waals surface area (Å²) >= 11 is 0. The number of benzene rings is 1. The Bertz CT molecular complexity index is 536. The topological polar surface area (TPSA) is 45.8 Å². The molecule has 1 aromatic heterocycles. The van der Waals surface area contributed by atoms with E-state index in [1.807, 2.05) is 12.1 Å². The smallest absolute Gasteiger partial charge is 0.266 e. The molecule has 0 amide bonds. The van der Waals surface area contributed by atoms with Crippen LogP contribution >= 0.6 is 0 Å². The van der Waals surface area contributed by atoms with Crippen molar-refractivity contribution in [1.29, 1.82) is 0 Å². The fraction of sp³-hybridized carbons (Fsp3) is 0.333. The molecule has 0 saturated heterocycles. The van der Waals surface area contributed by atoms with Crippen LogP contribution in [0.5, 0.6) is 0 Å². The zero-order chi connectivity index (χ0) is 10.8. The van der Waals surface area contributed by atoms with Gasteiger partial charge in [-0.25, -0.2) is 4.98 Å². The number of fused-ring (bicyclic) bond motifs is 1. The lowest BCUT2D eigenvalue weighted by Gasteiger charge is -2.09. The molecule has 0 saturated carbocycles. The Hall–Kier alpha value is -1.64. The number of nitrogens with one attached hydrogen (secondary N) is 1. The molecule has 0 aliphatic heterocycles. The van der Waals surface area contributed by atoms with E-state index in [1.165, 1.54) is 11.8 Å². The molecular formula is C12H16N2O. The van der Waals surface area contributed by atoms with Gasteiger partial charge in [-0.2, -0.15) is 0 Å². The summed E-state index contributed by atoms with van der Waals surface area (Å²) in [6.07, 6.45) is 2.40. The van der Waals surface area contributed by atoms with Gasteiger partial charge < -0.3 is 4.98 Å². The Morgan fingerprint density at radius 3 is 3.07 bits per heavy atom. The van der Waals surface area contributed by atoms with Crippen LogP contribution in [-0.4, -0.2) is 9.97 Å². The van der Waals surface area contributed by atoms with Crippen molar-refractivity contribution in [2.24, 2.45) is 0 Å². The summed E-state index contributed by atoms with van der Waals surface area (Å²) in [5.74, 6) is 0.512. The molecule has 2 rings (SSSR count). The normalized spacial score (nSPS) is 12.9. The number of nitrogens with zero attached hydrogens (tertiary/aromatic N) is 1. The molecule has 0 fully saturated rings. The highest BCUT2D eigenvalue weighted by atomic mass is 16.1. The van der Waals surface area contributed by atoms with Crippen molar-refractivity contribution < 1.29 is 1.43 Å². The quantitative estimate of drug-likeness (QED) is 0.817. The highest BCUT2D eigenvalue weighted by Crippen LogP contribution is 2.20. The number of rotatable bonds is 2. The van der Waals surface area contributed by atoms with Crippen molar-refractivity contribution in [1.82, 2.24) is 9.97 Å². The van der Waals surface area contributed by atoms with Gasteiger partial charge in [0.25, 0.3) is 5.56 Å². The van der Waals surface area contributed by atoms with E-state index >= 15 is 0 Å². The van der Waals surface area contributed by atoms with E-state index < -0.39 is 0 Å². The zero-order valence-corrected chi connectivity index (χ0v) is 8.95. The molecule has 15 heavy (non-hydrogen) atoms. The van der Waals surface area contributed by atoms with Gasteiger partial charge >= 0.3 is 0 Å². The second-order valence-electron chi connectivity index (χ2n) is 3.83. The molecule has 0 spiro atoms. The van der Waals surface area contributed by atoms with Crippen LogP contribution < -0.4 is 5.56 Å². The van der Waals surface area contributed by atoms with Gasteiger partial charge in [0.05, 0.1) is 17.2 Å². The molecule has 0 aliphatic carbocycles. The minimum atomic E-state index is -0.149. The summed E-state index contributed by atoms with van der Waals surface area (Å²) in [6.45, 7) is 4.33. The maximum atomic E-state index is 11.1. The Kier molecular flexibility index (Phi) is 2.54. The standard InChI is InChI=1S/C12H14N2O.H2/c1-3-8(2)9-4-5-10-11(6-9)14-12(15)7-13-10;/h4-8H,3H2,1-2H3,(H,14,15);1H. The van der Waals surface area contributed by atoms with Gasteiger partial charge in [0.1, 0.15) is 0 Å². The molecule has 1 unspecified atom stereocenters. The van der Waals surface area contributed by atoms with Gasteiger partial charge in [-0.05, 0) is 30.0 Å². The predicted molar refractivity (Wildman–Crippen MR) is 63.2 cm³/mol. The summed E-state index contributed by atoms with van der Waals surface area (Å²) in [4.78, 5) is 18.0. The van der Waals surface area contributed by atoms with Crippen molar-refractivity contribution >= 4 is 11.0 Å². The van der Waals surface area contributed by atoms with E-state index in [1.54, 1.807) is 0 Å². The van der Waals surface area contributed by atoms with Crippen LogP contribution in [0.25, 0.3) is 11.0 Å². The van der Waals surface area contributed by atoms with E-state index in [9.17, 15) is 4.79 Å². The third-order valence-electron chi connectivity index (χ3n) is 2.78. The predicted octanol–water partition coefficient (Wildman–Crippen LogP) is 2.68. The van der Waals surface area contributed by atoms with E-state index in [0.29, 0.717) is 5.92 Å².